The van der Waals surface area contributed by atoms with Gasteiger partial charge in [0, 0.05) is 79.1 Å². The second kappa shape index (κ2) is 19.3. The number of hydrogen-bond acceptors (Lipinski definition) is 3. The summed E-state index contributed by atoms with van der Waals surface area (Å²) in [5, 5.41) is 14.2. The molecular weight excluding hydrogens is 1060 g/mol. The number of fused-ring (bicyclic) bond motifs is 14. The normalized spacial score (nSPS) is 13.1. The molecule has 0 spiro atoms. The second-order valence-electron chi connectivity index (χ2n) is 22.7. The van der Waals surface area contributed by atoms with E-state index in [2.05, 4.69) is 206 Å². The lowest BCUT2D eigenvalue weighted by Gasteiger charge is -2.17. The maximum absolute atomic E-state index is 6.83. The number of rotatable bonds is 5. The highest BCUT2D eigenvalue weighted by molar-refractivity contribution is 7.29. The topological polar surface area (TPSA) is 8.82 Å². The van der Waals surface area contributed by atoms with Crippen LogP contribution in [0.3, 0.4) is 0 Å². The monoisotopic (exact) mass is 1110 g/mol. The van der Waals surface area contributed by atoms with Crippen molar-refractivity contribution in [2.24, 2.45) is 5.92 Å². The van der Waals surface area contributed by atoms with Gasteiger partial charge < -0.3 is 4.40 Å². The number of benzene rings is 9. The van der Waals surface area contributed by atoms with Crippen molar-refractivity contribution < 1.29 is 0 Å². The first-order valence-electron chi connectivity index (χ1n) is 28.4. The van der Waals surface area contributed by atoms with Crippen molar-refractivity contribution in [2.45, 2.75) is 33.6 Å². The summed E-state index contributed by atoms with van der Waals surface area (Å²) in [6.45, 7) is 6.88. The molecule has 0 unspecified atom stereocenters. The number of allylic oxidation sites excluding steroid dienone is 1. The Bertz CT molecular complexity index is 5510. The van der Waals surface area contributed by atoms with E-state index in [1.54, 1.807) is 11.3 Å². The van der Waals surface area contributed by atoms with Gasteiger partial charge >= 0.3 is 0 Å². The van der Waals surface area contributed by atoms with Crippen LogP contribution in [-0.2, 0) is 6.42 Å². The summed E-state index contributed by atoms with van der Waals surface area (Å²) in [5.74, 6) is 0.443. The van der Waals surface area contributed by atoms with Crippen LogP contribution in [-0.4, -0.2) is 63.7 Å². The fourth-order valence-electron chi connectivity index (χ4n) is 13.8. The molecule has 7 heterocycles. The van der Waals surface area contributed by atoms with E-state index in [0.717, 1.165) is 49.1 Å². The Balaban J connectivity index is 0.000000137. The molecule has 2 nitrogen and oxygen atoms in total. The molecule has 1 aliphatic rings. The molecule has 0 saturated heterocycles. The maximum atomic E-state index is 6.83. The minimum absolute atomic E-state index is 0.244. The third kappa shape index (κ3) is 7.36. The molecule has 380 valence electrons. The fourth-order valence-corrected chi connectivity index (χ4v) is 17.6. The van der Waals surface area contributed by atoms with Gasteiger partial charge in [-0.15, -0.1) is 50.4 Å². The van der Waals surface area contributed by atoms with Gasteiger partial charge in [0.2, 0.25) is 0 Å². The van der Waals surface area contributed by atoms with E-state index in [0.29, 0.717) is 43.3 Å². The average molecular weight is 1110 g/mol. The van der Waals surface area contributed by atoms with Gasteiger partial charge in [0.15, 0.2) is 0 Å². The summed E-state index contributed by atoms with van der Waals surface area (Å²) in [5.41, 5.74) is 17.4. The van der Waals surface area contributed by atoms with Crippen LogP contribution in [0.5, 0.6) is 0 Å². The largest absolute Gasteiger partial charge is 0.303 e. The molecule has 0 aliphatic heterocycles. The molecule has 14 radical (unpaired) electrons. The van der Waals surface area contributed by atoms with Crippen LogP contribution in [0, 0.1) is 12.8 Å². The van der Waals surface area contributed by atoms with Crippen molar-refractivity contribution in [3.8, 4) is 43.1 Å². The van der Waals surface area contributed by atoms with E-state index in [-0.39, 0.29) is 10.9 Å². The van der Waals surface area contributed by atoms with Crippen LogP contribution in [0.2, 0.25) is 0 Å². The summed E-state index contributed by atoms with van der Waals surface area (Å²) in [6.07, 6.45) is 9.36. The highest BCUT2D eigenvalue weighted by Crippen LogP contribution is 2.49. The van der Waals surface area contributed by atoms with Crippen molar-refractivity contribution in [3.05, 3.63) is 186 Å². The SMILES string of the molecule is Cc1ccc2c3c(n4c5sc(-c6c(-c7ccccc7)cccc6-c6ccccc6)cc5/c(=C/C(C)C)c1c24)CCC=C3.[B]c1c([B])c([B])c2c(sc3c([B])c([B])c([B])c(-c4cc5c6cccc7ccc8c9ccccc9n(c5s4)c8c76)c32)c1[B]. The molecule has 7 aromatic heterocycles. The summed E-state index contributed by atoms with van der Waals surface area (Å²) >= 11 is 5.02. The van der Waals surface area contributed by atoms with Gasteiger partial charge in [-0.1, -0.05) is 193 Å². The van der Waals surface area contributed by atoms with Crippen molar-refractivity contribution >= 4 is 234 Å². The fraction of sp³-hybridized carbons (Fsp3) is 0.0833. The number of hydrogen-bond donors (Lipinski definition) is 0. The molecule has 9 aromatic carbocycles. The van der Waals surface area contributed by atoms with Gasteiger partial charge in [-0.2, -0.15) is 0 Å². The third-order valence-electron chi connectivity index (χ3n) is 17.5. The lowest BCUT2D eigenvalue weighted by molar-refractivity contribution is 0.882. The standard InChI is InChI=1S/C40H33NS.C32H10B7NS2/c1-25(2)23-33-34-24-36(38-29(27-13-6-4-7-14-27)18-12-19-30(38)28-15-8-5-9-16-28)42-40(34)41-35-20-11-10-17-31(35)32-22-21-26(3)37(33)39(32)41;33-22-19(20-21-23(34)24(35)26(37)28(39)31(21)42-30(20)27(38)25(22)36)17-10-15-13-6-3-4-11-8-9-14-12-5-1-2-7-16(12)40(32(15)41-17)29(14)18(11)13/h4-10,12-19,21-25H,11,20H2,1-3H3;1-10H/b33-23-;. The van der Waals surface area contributed by atoms with Gasteiger partial charge in [-0.25, -0.2) is 0 Å². The molecule has 17 rings (SSSR count). The van der Waals surface area contributed by atoms with E-state index in [4.69, 9.17) is 54.9 Å². The second-order valence-corrected chi connectivity index (χ2v) is 25.8. The average Bonchev–Trinajstić information content (AvgIpc) is 1.61. The molecular formula is C72H43B7N2S3. The predicted octanol–water partition coefficient (Wildman–Crippen LogP) is 12.4. The summed E-state index contributed by atoms with van der Waals surface area (Å²) in [6, 6.07) is 57.4. The van der Waals surface area contributed by atoms with Crippen LogP contribution >= 0.6 is 34.0 Å². The first kappa shape index (κ1) is 51.7. The molecule has 0 N–H and O–H groups in total. The van der Waals surface area contributed by atoms with Crippen LogP contribution in [0.15, 0.2) is 164 Å². The molecule has 12 heteroatoms. The van der Waals surface area contributed by atoms with E-state index in [1.165, 1.54) is 125 Å². The van der Waals surface area contributed by atoms with Crippen LogP contribution < -0.4 is 43.5 Å². The Morgan fingerprint density at radius 3 is 1.79 bits per heavy atom. The highest BCUT2D eigenvalue weighted by Gasteiger charge is 2.27. The summed E-state index contributed by atoms with van der Waals surface area (Å²) in [4.78, 5) is 4.73. The van der Waals surface area contributed by atoms with Crippen molar-refractivity contribution in [2.75, 3.05) is 0 Å². The summed E-state index contributed by atoms with van der Waals surface area (Å²) in [7, 11) is 45.6. The molecule has 0 saturated carbocycles. The van der Waals surface area contributed by atoms with Gasteiger partial charge in [0.1, 0.15) is 64.6 Å². The Labute approximate surface area is 507 Å². The zero-order chi connectivity index (χ0) is 57.1. The van der Waals surface area contributed by atoms with Gasteiger partial charge in [0.25, 0.3) is 0 Å². The van der Waals surface area contributed by atoms with E-state index in [1.807, 2.05) is 11.3 Å². The number of nitrogens with zero attached hydrogens (tertiary/aromatic N) is 2. The number of aromatic nitrogens is 2. The van der Waals surface area contributed by atoms with Gasteiger partial charge in [0.05, 0.1) is 16.6 Å². The number of aryl methyl sites for hydroxylation is 2. The van der Waals surface area contributed by atoms with Crippen molar-refractivity contribution in [3.63, 3.8) is 0 Å². The summed E-state index contributed by atoms with van der Waals surface area (Å²) < 4.78 is 6.48. The molecule has 1 aliphatic carbocycles. The molecule has 84 heavy (non-hydrogen) atoms. The Morgan fingerprint density at radius 1 is 0.464 bits per heavy atom. The van der Waals surface area contributed by atoms with Crippen molar-refractivity contribution in [1.29, 1.82) is 0 Å². The minimum Gasteiger partial charge on any atom is -0.303 e. The molecule has 0 amide bonds. The van der Waals surface area contributed by atoms with Crippen molar-refractivity contribution in [1.82, 2.24) is 8.80 Å². The number of thiophene rings is 3. The van der Waals surface area contributed by atoms with Gasteiger partial charge in [-0.05, 0) is 98.6 Å². The maximum Gasteiger partial charge on any atom is 0.114 e. The van der Waals surface area contributed by atoms with Crippen LogP contribution in [0.4, 0.5) is 0 Å². The molecule has 0 fully saturated rings. The Morgan fingerprint density at radius 2 is 1.06 bits per heavy atom. The number of para-hydroxylation sites is 1. The zero-order valence-corrected chi connectivity index (χ0v) is 48.8. The van der Waals surface area contributed by atoms with Crippen LogP contribution in [0.1, 0.15) is 37.1 Å². The molecule has 0 bridgehead atoms. The van der Waals surface area contributed by atoms with Crippen LogP contribution in [0.25, 0.3) is 150 Å². The van der Waals surface area contributed by atoms with E-state index >= 15 is 0 Å². The lowest BCUT2D eigenvalue weighted by atomic mass is 9.64. The first-order valence-corrected chi connectivity index (χ1v) is 30.8. The molecule has 0 atom stereocenters. The Kier molecular flexibility index (Phi) is 11.9. The van der Waals surface area contributed by atoms with E-state index < -0.39 is 0 Å². The molecule has 16 aromatic rings. The minimum atomic E-state index is 0.244. The highest BCUT2D eigenvalue weighted by atomic mass is 32.1. The zero-order valence-electron chi connectivity index (χ0n) is 46.4. The lowest BCUT2D eigenvalue weighted by Crippen LogP contribution is -2.47. The predicted molar refractivity (Wildman–Crippen MR) is 376 cm³/mol. The third-order valence-corrected chi connectivity index (χ3v) is 21.1. The quantitative estimate of drug-likeness (QED) is 0.152. The Hall–Kier alpha value is -7.87. The first-order chi connectivity index (χ1) is 40.9. The van der Waals surface area contributed by atoms with E-state index in [9.17, 15) is 0 Å². The number of pyridine rings is 2. The van der Waals surface area contributed by atoms with Gasteiger partial charge in [-0.3, -0.25) is 4.40 Å². The smallest absolute Gasteiger partial charge is 0.114 e.